The number of hydrogen-bond donors (Lipinski definition) is 0. The van der Waals surface area contributed by atoms with Gasteiger partial charge in [-0.05, 0) is 27.7 Å². The number of rotatable bonds is 4. The molecule has 0 saturated heterocycles. The molecule has 0 spiro atoms. The van der Waals surface area contributed by atoms with Crippen molar-refractivity contribution in [3.05, 3.63) is 0 Å². The van der Waals surface area contributed by atoms with Gasteiger partial charge < -0.3 is 65.0 Å². The van der Waals surface area contributed by atoms with E-state index in [-0.39, 0.29) is 25.0 Å². The standard InChI is InChI=1S/2C5H11NS2.H2O.Zn/c2*1-3-6(4-2)5(7)8;;/h2*3-4H2,1-2H3,(H,7,8);1H2;/q;;;+2/p-2. The van der Waals surface area contributed by atoms with Gasteiger partial charge in [0.25, 0.3) is 0 Å². The third-order valence-corrected chi connectivity index (χ3v) is 3.08. The van der Waals surface area contributed by atoms with Gasteiger partial charge in [-0.2, -0.15) is 0 Å². The number of thiocarbonyl (C=S) groups is 2. The topological polar surface area (TPSA) is 38.0 Å². The molecule has 0 bridgehead atoms. The molecule has 104 valence electrons. The molecule has 0 fully saturated rings. The maximum Gasteiger partial charge on any atom is 2.00 e. The number of nitrogens with zero attached hydrogens (tertiary/aromatic N) is 2. The van der Waals surface area contributed by atoms with Crippen molar-refractivity contribution >= 4 is 58.3 Å². The van der Waals surface area contributed by atoms with E-state index in [1.165, 1.54) is 0 Å². The van der Waals surface area contributed by atoms with E-state index in [1.54, 1.807) is 0 Å². The Morgan fingerprint density at radius 3 is 0.944 bits per heavy atom. The molecule has 0 aromatic carbocycles. The van der Waals surface area contributed by atoms with Gasteiger partial charge in [0, 0.05) is 26.2 Å². The Kier molecular flexibility index (Phi) is 26.9. The molecule has 0 rings (SSSR count). The average Bonchev–Trinajstić information content (AvgIpc) is 2.21. The van der Waals surface area contributed by atoms with Gasteiger partial charge in [-0.3, -0.25) is 0 Å². The predicted molar refractivity (Wildman–Crippen MR) is 89.4 cm³/mol. The van der Waals surface area contributed by atoms with Crippen molar-refractivity contribution < 1.29 is 25.0 Å². The van der Waals surface area contributed by atoms with Crippen LogP contribution in [0.15, 0.2) is 0 Å². The molecule has 0 heterocycles. The number of hydrogen-bond acceptors (Lipinski definition) is 4. The zero-order chi connectivity index (χ0) is 13.1. The summed E-state index contributed by atoms with van der Waals surface area (Å²) < 4.78 is 1.16. The van der Waals surface area contributed by atoms with Gasteiger partial charge >= 0.3 is 19.5 Å². The maximum absolute atomic E-state index is 4.76. The molecule has 0 saturated carbocycles. The van der Waals surface area contributed by atoms with E-state index in [1.807, 2.05) is 37.5 Å². The van der Waals surface area contributed by atoms with Crippen molar-refractivity contribution in [2.24, 2.45) is 0 Å². The van der Waals surface area contributed by atoms with E-state index in [4.69, 9.17) is 49.7 Å². The summed E-state index contributed by atoms with van der Waals surface area (Å²) in [5, 5.41) is 0. The Labute approximate surface area is 146 Å². The molecule has 0 amide bonds. The summed E-state index contributed by atoms with van der Waals surface area (Å²) >= 11 is 19.0. The molecule has 0 unspecified atom stereocenters. The summed E-state index contributed by atoms with van der Waals surface area (Å²) in [5.74, 6) is 0. The Balaban J connectivity index is -0.0000000980. The Bertz CT molecular complexity index is 190. The normalized spacial score (nSPS) is 7.78. The minimum Gasteiger partial charge on any atom is -0.412 e. The SMILES string of the molecule is CCN(CC)C(=S)[S-].CCN(CC)C(=S)[S-].O.[Zn+2]. The fourth-order valence-electron chi connectivity index (χ4n) is 0.964. The summed E-state index contributed by atoms with van der Waals surface area (Å²) in [6.45, 7) is 11.9. The van der Waals surface area contributed by atoms with Crippen LogP contribution in [-0.2, 0) is 44.7 Å². The second kappa shape index (κ2) is 17.8. The van der Waals surface area contributed by atoms with E-state index < -0.39 is 0 Å². The van der Waals surface area contributed by atoms with Crippen molar-refractivity contribution in [1.82, 2.24) is 9.80 Å². The van der Waals surface area contributed by atoms with Gasteiger partial charge in [0.1, 0.15) is 0 Å². The van der Waals surface area contributed by atoms with Crippen LogP contribution in [0, 0.1) is 0 Å². The molecule has 0 radical (unpaired) electrons. The molecule has 18 heavy (non-hydrogen) atoms. The summed E-state index contributed by atoms with van der Waals surface area (Å²) in [6, 6.07) is 0. The Morgan fingerprint density at radius 1 is 0.778 bits per heavy atom. The smallest absolute Gasteiger partial charge is 0.412 e. The van der Waals surface area contributed by atoms with Gasteiger partial charge in [-0.25, -0.2) is 0 Å². The van der Waals surface area contributed by atoms with Gasteiger partial charge in [0.2, 0.25) is 0 Å². The van der Waals surface area contributed by atoms with E-state index in [0.29, 0.717) is 8.64 Å². The molecule has 0 aliphatic carbocycles. The van der Waals surface area contributed by atoms with E-state index in [2.05, 4.69) is 0 Å². The molecule has 0 aliphatic heterocycles. The van der Waals surface area contributed by atoms with Crippen molar-refractivity contribution in [2.45, 2.75) is 27.7 Å². The van der Waals surface area contributed by atoms with Crippen LogP contribution in [-0.4, -0.2) is 50.1 Å². The zero-order valence-electron chi connectivity index (χ0n) is 11.6. The minimum absolute atomic E-state index is 0. The van der Waals surface area contributed by atoms with Gasteiger partial charge in [-0.1, -0.05) is 8.64 Å². The minimum atomic E-state index is 0. The first-order chi connectivity index (χ1) is 7.44. The van der Waals surface area contributed by atoms with Crippen LogP contribution >= 0.6 is 24.4 Å². The molecule has 3 nitrogen and oxygen atoms in total. The van der Waals surface area contributed by atoms with Crippen molar-refractivity contribution in [3.8, 4) is 0 Å². The molecule has 0 atom stereocenters. The fraction of sp³-hybridized carbons (Fsp3) is 0.800. The Hall–Kier alpha value is 0.803. The van der Waals surface area contributed by atoms with E-state index >= 15 is 0 Å². The van der Waals surface area contributed by atoms with Crippen molar-refractivity contribution in [3.63, 3.8) is 0 Å². The molecule has 2 N–H and O–H groups in total. The van der Waals surface area contributed by atoms with Crippen LogP contribution in [0.5, 0.6) is 0 Å². The molecule has 0 aromatic rings. The van der Waals surface area contributed by atoms with Crippen LogP contribution in [0.25, 0.3) is 0 Å². The van der Waals surface area contributed by atoms with Crippen LogP contribution in [0.3, 0.4) is 0 Å². The summed E-state index contributed by atoms with van der Waals surface area (Å²) in [6.07, 6.45) is 0. The van der Waals surface area contributed by atoms with E-state index in [0.717, 1.165) is 26.2 Å². The third-order valence-electron chi connectivity index (χ3n) is 2.04. The van der Waals surface area contributed by atoms with Crippen molar-refractivity contribution in [2.75, 3.05) is 26.2 Å². The average molecular weight is 380 g/mol. The molecule has 0 aliphatic rings. The first-order valence-corrected chi connectivity index (χ1v) is 6.99. The molecule has 8 heteroatoms. The maximum atomic E-state index is 4.76. The second-order valence-electron chi connectivity index (χ2n) is 2.88. The van der Waals surface area contributed by atoms with Crippen LogP contribution in [0.4, 0.5) is 0 Å². The monoisotopic (exact) mass is 378 g/mol. The summed E-state index contributed by atoms with van der Waals surface area (Å²) in [4.78, 5) is 3.93. The first-order valence-electron chi connectivity index (χ1n) is 5.36. The van der Waals surface area contributed by atoms with Gasteiger partial charge in [0.15, 0.2) is 0 Å². The van der Waals surface area contributed by atoms with Gasteiger partial charge in [0.05, 0.1) is 0 Å². The van der Waals surface area contributed by atoms with Crippen molar-refractivity contribution in [1.29, 1.82) is 0 Å². The predicted octanol–water partition coefficient (Wildman–Crippen LogP) is 1.49. The zero-order valence-corrected chi connectivity index (χ0v) is 17.8. The third kappa shape index (κ3) is 14.9. The van der Waals surface area contributed by atoms with Crippen LogP contribution in [0.1, 0.15) is 27.7 Å². The summed E-state index contributed by atoms with van der Waals surface area (Å²) in [7, 11) is 0. The second-order valence-corrected chi connectivity index (χ2v) is 4.94. The van der Waals surface area contributed by atoms with Crippen LogP contribution < -0.4 is 0 Å². The summed E-state index contributed by atoms with van der Waals surface area (Å²) in [5.41, 5.74) is 0. The molecular formula is C10H22N2OS4Zn. The molecule has 0 aromatic heterocycles. The Morgan fingerprint density at radius 2 is 0.944 bits per heavy atom. The molecular weight excluding hydrogens is 358 g/mol. The largest absolute Gasteiger partial charge is 2.00 e. The first kappa shape index (κ1) is 27.2. The fourth-order valence-corrected chi connectivity index (χ4v) is 2.00. The van der Waals surface area contributed by atoms with Gasteiger partial charge in [-0.15, -0.1) is 0 Å². The van der Waals surface area contributed by atoms with Crippen LogP contribution in [0.2, 0.25) is 0 Å². The van der Waals surface area contributed by atoms with E-state index in [9.17, 15) is 0 Å². The quantitative estimate of drug-likeness (QED) is 0.418.